The molecule has 0 radical (unpaired) electrons. The third kappa shape index (κ3) is 6.45. The largest absolute Gasteiger partial charge is 0.483 e. The minimum atomic E-state index is -0.430. The zero-order chi connectivity index (χ0) is 22.9. The van der Waals surface area contributed by atoms with E-state index in [2.05, 4.69) is 36.8 Å². The van der Waals surface area contributed by atoms with Gasteiger partial charge in [-0.2, -0.15) is 0 Å². The van der Waals surface area contributed by atoms with Gasteiger partial charge in [-0.3, -0.25) is 20.4 Å². The van der Waals surface area contributed by atoms with Gasteiger partial charge in [-0.1, -0.05) is 86.6 Å². The Bertz CT molecular complexity index is 1030. The van der Waals surface area contributed by atoms with Gasteiger partial charge in [0.05, 0.1) is 5.92 Å². The highest BCUT2D eigenvalue weighted by atomic mass is 16.5. The van der Waals surface area contributed by atoms with E-state index in [1.54, 1.807) is 0 Å². The van der Waals surface area contributed by atoms with Gasteiger partial charge in [0.15, 0.2) is 6.61 Å². The quantitative estimate of drug-likeness (QED) is 0.501. The van der Waals surface area contributed by atoms with E-state index < -0.39 is 5.91 Å². The van der Waals surface area contributed by atoms with Crippen LogP contribution in [-0.2, 0) is 16.0 Å². The van der Waals surface area contributed by atoms with Crippen LogP contribution in [0.15, 0.2) is 78.9 Å². The zero-order valence-corrected chi connectivity index (χ0v) is 18.8. The molecule has 5 nitrogen and oxygen atoms in total. The Balaban J connectivity index is 1.50. The van der Waals surface area contributed by atoms with E-state index in [4.69, 9.17) is 4.74 Å². The van der Waals surface area contributed by atoms with Crippen LogP contribution in [-0.4, -0.2) is 18.4 Å². The van der Waals surface area contributed by atoms with Crippen LogP contribution in [0.25, 0.3) is 11.1 Å². The molecule has 3 aromatic carbocycles. The van der Waals surface area contributed by atoms with Crippen LogP contribution < -0.4 is 15.6 Å². The highest BCUT2D eigenvalue weighted by molar-refractivity contribution is 5.86. The fourth-order valence-corrected chi connectivity index (χ4v) is 3.43. The van der Waals surface area contributed by atoms with Crippen LogP contribution in [0.5, 0.6) is 5.75 Å². The molecule has 0 spiro atoms. The monoisotopic (exact) mass is 430 g/mol. The number of amides is 2. The first kappa shape index (κ1) is 23.1. The number of rotatable bonds is 8. The third-order valence-electron chi connectivity index (χ3n) is 5.17. The molecule has 2 amide bonds. The van der Waals surface area contributed by atoms with Crippen LogP contribution >= 0.6 is 0 Å². The summed E-state index contributed by atoms with van der Waals surface area (Å²) in [4.78, 5) is 24.7. The molecule has 0 aliphatic carbocycles. The molecule has 0 aliphatic heterocycles. The molecule has 3 rings (SSSR count). The molecule has 0 saturated heterocycles. The number of hydrogen-bond acceptors (Lipinski definition) is 3. The molecule has 32 heavy (non-hydrogen) atoms. The lowest BCUT2D eigenvalue weighted by Gasteiger charge is -2.15. The molecular formula is C27H30N2O3. The maximum absolute atomic E-state index is 12.5. The molecule has 5 heteroatoms. The van der Waals surface area contributed by atoms with Gasteiger partial charge in [-0.25, -0.2) is 0 Å². The molecule has 0 aliphatic rings. The van der Waals surface area contributed by atoms with Crippen LogP contribution in [0.3, 0.4) is 0 Å². The van der Waals surface area contributed by atoms with Crippen molar-refractivity contribution < 1.29 is 14.3 Å². The van der Waals surface area contributed by atoms with Crippen LogP contribution in [0.4, 0.5) is 0 Å². The van der Waals surface area contributed by atoms with Gasteiger partial charge >= 0.3 is 0 Å². The normalized spacial score (nSPS) is 11.6. The van der Waals surface area contributed by atoms with Crippen molar-refractivity contribution in [2.24, 2.45) is 5.92 Å². The van der Waals surface area contributed by atoms with Crippen molar-refractivity contribution >= 4 is 11.8 Å². The van der Waals surface area contributed by atoms with Crippen LogP contribution in [0.1, 0.15) is 37.8 Å². The summed E-state index contributed by atoms with van der Waals surface area (Å²) < 4.78 is 5.71. The molecule has 0 heterocycles. The summed E-state index contributed by atoms with van der Waals surface area (Å²) in [5.74, 6) is 0.0946. The summed E-state index contributed by atoms with van der Waals surface area (Å²) >= 11 is 0. The highest BCUT2D eigenvalue weighted by Crippen LogP contribution is 2.29. The number of ether oxygens (including phenoxy) is 1. The van der Waals surface area contributed by atoms with Crippen LogP contribution in [0, 0.1) is 5.92 Å². The number of carbonyl (C=O) groups is 2. The fourth-order valence-electron chi connectivity index (χ4n) is 3.43. The lowest BCUT2D eigenvalue weighted by Crippen LogP contribution is -2.45. The molecule has 0 saturated carbocycles. The first-order chi connectivity index (χ1) is 15.4. The molecule has 166 valence electrons. The standard InChI is InChI=1S/C27H30N2O3/c1-19(2)17-21-13-15-22(16-14-21)20(3)27(31)29-28-26(30)18-32-25-12-8-7-11-24(25)23-9-5-4-6-10-23/h4-16,19-20H,17-18H2,1-3H3,(H,28,30)(H,29,31). The molecular weight excluding hydrogens is 400 g/mol. The van der Waals surface area contributed by atoms with E-state index in [0.29, 0.717) is 11.7 Å². The average Bonchev–Trinajstić information content (AvgIpc) is 2.81. The van der Waals surface area contributed by atoms with Gasteiger partial charge in [-0.05, 0) is 42.0 Å². The molecule has 0 bridgehead atoms. The Kier molecular flexibility index (Phi) is 8.03. The van der Waals surface area contributed by atoms with Crippen molar-refractivity contribution in [1.82, 2.24) is 10.9 Å². The number of carbonyl (C=O) groups excluding carboxylic acids is 2. The molecule has 0 fully saturated rings. The van der Waals surface area contributed by atoms with Gasteiger partial charge in [0.2, 0.25) is 5.91 Å². The lowest BCUT2D eigenvalue weighted by molar-refractivity contribution is -0.130. The molecule has 1 atom stereocenters. The van der Waals surface area contributed by atoms with E-state index in [1.807, 2.05) is 73.7 Å². The molecule has 0 aromatic heterocycles. The summed E-state index contributed by atoms with van der Waals surface area (Å²) in [5, 5.41) is 0. The first-order valence-electron chi connectivity index (χ1n) is 10.9. The summed E-state index contributed by atoms with van der Waals surface area (Å²) in [5.41, 5.74) is 8.98. The summed E-state index contributed by atoms with van der Waals surface area (Å²) in [6.45, 7) is 5.96. The van der Waals surface area contributed by atoms with E-state index in [9.17, 15) is 9.59 Å². The second-order valence-electron chi connectivity index (χ2n) is 8.25. The second-order valence-corrected chi connectivity index (χ2v) is 8.25. The van der Waals surface area contributed by atoms with Gasteiger partial charge in [0.1, 0.15) is 5.75 Å². The number of hydrazine groups is 1. The topological polar surface area (TPSA) is 67.4 Å². The van der Waals surface area contributed by atoms with Crippen molar-refractivity contribution in [2.45, 2.75) is 33.1 Å². The molecule has 3 aromatic rings. The maximum atomic E-state index is 12.5. The smallest absolute Gasteiger partial charge is 0.276 e. The molecule has 2 N–H and O–H groups in total. The summed E-state index contributed by atoms with van der Waals surface area (Å²) in [6, 6.07) is 25.4. The van der Waals surface area contributed by atoms with Crippen molar-refractivity contribution in [1.29, 1.82) is 0 Å². The van der Waals surface area contributed by atoms with Gasteiger partial charge < -0.3 is 4.74 Å². The predicted octanol–water partition coefficient (Wildman–Crippen LogP) is 4.88. The van der Waals surface area contributed by atoms with E-state index >= 15 is 0 Å². The Hall–Kier alpha value is -3.60. The second kappa shape index (κ2) is 11.1. The predicted molar refractivity (Wildman–Crippen MR) is 127 cm³/mol. The number of benzene rings is 3. The van der Waals surface area contributed by atoms with Crippen LogP contribution in [0.2, 0.25) is 0 Å². The SMILES string of the molecule is CC(C)Cc1ccc(C(C)C(=O)NNC(=O)COc2ccccc2-c2ccccc2)cc1. The van der Waals surface area contributed by atoms with Crippen molar-refractivity contribution in [3.05, 3.63) is 90.0 Å². The van der Waals surface area contributed by atoms with Gasteiger partial charge in [-0.15, -0.1) is 0 Å². The zero-order valence-electron chi connectivity index (χ0n) is 18.8. The Labute approximate surface area is 189 Å². The maximum Gasteiger partial charge on any atom is 0.276 e. The van der Waals surface area contributed by atoms with E-state index in [-0.39, 0.29) is 18.4 Å². The van der Waals surface area contributed by atoms with Gasteiger partial charge in [0.25, 0.3) is 5.91 Å². The van der Waals surface area contributed by atoms with Crippen molar-refractivity contribution in [3.63, 3.8) is 0 Å². The highest BCUT2D eigenvalue weighted by Gasteiger charge is 2.16. The first-order valence-corrected chi connectivity index (χ1v) is 10.9. The Morgan fingerprint density at radius 1 is 0.812 bits per heavy atom. The minimum absolute atomic E-state index is 0.206. The molecule has 1 unspecified atom stereocenters. The Morgan fingerprint density at radius 3 is 2.16 bits per heavy atom. The number of hydrogen-bond donors (Lipinski definition) is 2. The fraction of sp³-hybridized carbons (Fsp3) is 0.259. The average molecular weight is 431 g/mol. The van der Waals surface area contributed by atoms with E-state index in [1.165, 1.54) is 5.56 Å². The third-order valence-corrected chi connectivity index (χ3v) is 5.17. The van der Waals surface area contributed by atoms with Crippen molar-refractivity contribution in [3.8, 4) is 16.9 Å². The minimum Gasteiger partial charge on any atom is -0.483 e. The number of nitrogens with one attached hydrogen (secondary N) is 2. The van der Waals surface area contributed by atoms with Gasteiger partial charge in [0, 0.05) is 5.56 Å². The van der Waals surface area contributed by atoms with Crippen molar-refractivity contribution in [2.75, 3.05) is 6.61 Å². The number of para-hydroxylation sites is 1. The van der Waals surface area contributed by atoms with E-state index in [0.717, 1.165) is 23.1 Å². The Morgan fingerprint density at radius 2 is 1.47 bits per heavy atom. The lowest BCUT2D eigenvalue weighted by atomic mass is 9.96. The summed E-state index contributed by atoms with van der Waals surface area (Å²) in [6.07, 6.45) is 1.00. The summed E-state index contributed by atoms with van der Waals surface area (Å²) in [7, 11) is 0.